The van der Waals surface area contributed by atoms with E-state index in [4.69, 9.17) is 0 Å². The van der Waals surface area contributed by atoms with Crippen molar-refractivity contribution in [2.75, 3.05) is 26.2 Å². The monoisotopic (exact) mass is 428 g/mol. The van der Waals surface area contributed by atoms with Gasteiger partial charge in [-0.05, 0) is 31.0 Å². The highest BCUT2D eigenvalue weighted by atomic mass is 32.2. The van der Waals surface area contributed by atoms with Gasteiger partial charge in [0.2, 0.25) is 15.9 Å². The van der Waals surface area contributed by atoms with E-state index < -0.39 is 10.0 Å². The van der Waals surface area contributed by atoms with E-state index in [-0.39, 0.29) is 35.6 Å². The van der Waals surface area contributed by atoms with Gasteiger partial charge < -0.3 is 4.90 Å². The molecule has 3 rings (SSSR count). The van der Waals surface area contributed by atoms with E-state index in [0.717, 1.165) is 18.4 Å². The first-order valence-electron chi connectivity index (χ1n) is 10.3. The van der Waals surface area contributed by atoms with Gasteiger partial charge in [0, 0.05) is 31.7 Å². The van der Waals surface area contributed by atoms with E-state index in [2.05, 4.69) is 6.92 Å². The van der Waals surface area contributed by atoms with Crippen LogP contribution in [0.1, 0.15) is 48.5 Å². The molecule has 2 aromatic rings. The van der Waals surface area contributed by atoms with Gasteiger partial charge >= 0.3 is 0 Å². The predicted molar refractivity (Wildman–Crippen MR) is 116 cm³/mol. The molecule has 0 aromatic heterocycles. The molecule has 2 aromatic carbocycles. The molecule has 6 nitrogen and oxygen atoms in total. The Balaban J connectivity index is 1.68. The second-order valence-corrected chi connectivity index (χ2v) is 9.50. The summed E-state index contributed by atoms with van der Waals surface area (Å²) in [6.45, 7) is 4.77. The minimum Gasteiger partial charge on any atom is -0.340 e. The predicted octanol–water partition coefficient (Wildman–Crippen LogP) is 3.31. The molecule has 0 bridgehead atoms. The summed E-state index contributed by atoms with van der Waals surface area (Å²) in [5.41, 5.74) is 1.48. The van der Waals surface area contributed by atoms with Crippen molar-refractivity contribution in [2.24, 2.45) is 0 Å². The molecule has 0 spiro atoms. The number of hydrogen-bond acceptors (Lipinski definition) is 4. The summed E-state index contributed by atoms with van der Waals surface area (Å²) in [5.74, 6) is -0.240. The van der Waals surface area contributed by atoms with Crippen LogP contribution < -0.4 is 0 Å². The molecule has 160 valence electrons. The molecular formula is C23H28N2O4S. The lowest BCUT2D eigenvalue weighted by Crippen LogP contribution is -2.51. The molecular weight excluding hydrogens is 400 g/mol. The van der Waals surface area contributed by atoms with E-state index >= 15 is 0 Å². The van der Waals surface area contributed by atoms with Crippen molar-refractivity contribution in [3.8, 4) is 0 Å². The summed E-state index contributed by atoms with van der Waals surface area (Å²) in [5, 5.41) is 0. The van der Waals surface area contributed by atoms with Crippen LogP contribution in [-0.4, -0.2) is 55.5 Å². The molecule has 1 amide bonds. The fourth-order valence-electron chi connectivity index (χ4n) is 3.79. The molecule has 1 aliphatic heterocycles. The maximum Gasteiger partial charge on any atom is 0.243 e. The number of amides is 1. The van der Waals surface area contributed by atoms with E-state index in [1.807, 2.05) is 30.3 Å². The first kappa shape index (κ1) is 22.2. The number of benzene rings is 2. The van der Waals surface area contributed by atoms with Gasteiger partial charge in [0.15, 0.2) is 5.78 Å². The van der Waals surface area contributed by atoms with Gasteiger partial charge in [-0.3, -0.25) is 9.59 Å². The van der Waals surface area contributed by atoms with Gasteiger partial charge in [-0.1, -0.05) is 55.8 Å². The van der Waals surface area contributed by atoms with Crippen LogP contribution in [-0.2, 0) is 14.8 Å². The Morgan fingerprint density at radius 3 is 2.07 bits per heavy atom. The number of hydrogen-bond donors (Lipinski definition) is 0. The lowest BCUT2D eigenvalue weighted by Gasteiger charge is -2.36. The van der Waals surface area contributed by atoms with Gasteiger partial charge in [0.05, 0.1) is 10.8 Å². The summed E-state index contributed by atoms with van der Waals surface area (Å²) < 4.78 is 27.3. The molecule has 7 heteroatoms. The molecule has 0 N–H and O–H groups in total. The first-order chi connectivity index (χ1) is 14.3. The van der Waals surface area contributed by atoms with Crippen molar-refractivity contribution < 1.29 is 18.0 Å². The van der Waals surface area contributed by atoms with E-state index in [9.17, 15) is 18.0 Å². The zero-order valence-corrected chi connectivity index (χ0v) is 18.3. The second-order valence-electron chi connectivity index (χ2n) is 7.56. The van der Waals surface area contributed by atoms with Crippen LogP contribution >= 0.6 is 0 Å². The molecule has 1 atom stereocenters. The largest absolute Gasteiger partial charge is 0.340 e. The summed E-state index contributed by atoms with van der Waals surface area (Å²) in [7, 11) is -3.65. The minimum absolute atomic E-state index is 0.0610. The maximum atomic E-state index is 13.1. The van der Waals surface area contributed by atoms with Crippen LogP contribution in [0.2, 0.25) is 0 Å². The Morgan fingerprint density at radius 2 is 1.53 bits per heavy atom. The Morgan fingerprint density at radius 1 is 0.933 bits per heavy atom. The quantitative estimate of drug-likeness (QED) is 0.634. The van der Waals surface area contributed by atoms with Gasteiger partial charge in [-0.2, -0.15) is 4.31 Å². The number of carbonyl (C=O) groups excluding carboxylic acids is 2. The van der Waals surface area contributed by atoms with Gasteiger partial charge in [0.25, 0.3) is 0 Å². The average molecular weight is 429 g/mol. The number of nitrogens with zero attached hydrogens (tertiary/aromatic N) is 2. The Bertz CT molecular complexity index is 980. The van der Waals surface area contributed by atoms with Crippen LogP contribution in [0.4, 0.5) is 0 Å². The zero-order chi connectivity index (χ0) is 21.7. The number of carbonyl (C=O) groups is 2. The third-order valence-electron chi connectivity index (χ3n) is 5.53. The molecule has 0 saturated carbocycles. The standard InChI is InChI=1S/C23H28N2O4S/c1-3-7-22(20-8-5-4-6-9-20)23(27)24-14-16-25(17-15-24)30(28,29)21-12-10-19(11-13-21)18(2)26/h4-6,8-13,22H,3,7,14-17H2,1-2H3/t22-/m1/s1. The van der Waals surface area contributed by atoms with Crippen LogP contribution in [0.5, 0.6) is 0 Å². The summed E-state index contributed by atoms with van der Waals surface area (Å²) in [6, 6.07) is 15.8. The summed E-state index contributed by atoms with van der Waals surface area (Å²) in [4.78, 5) is 26.5. The molecule has 0 aliphatic carbocycles. The molecule has 1 aliphatic rings. The fourth-order valence-corrected chi connectivity index (χ4v) is 5.21. The number of Topliss-reactive ketones (excluding diaryl/α,β-unsaturated/α-hetero) is 1. The average Bonchev–Trinajstić information content (AvgIpc) is 2.77. The number of piperazine rings is 1. The highest BCUT2D eigenvalue weighted by molar-refractivity contribution is 7.89. The summed E-state index contributed by atoms with van der Waals surface area (Å²) in [6.07, 6.45) is 1.67. The lowest BCUT2D eigenvalue weighted by atomic mass is 9.93. The van der Waals surface area contributed by atoms with E-state index in [0.29, 0.717) is 18.7 Å². The van der Waals surface area contributed by atoms with Crippen LogP contribution in [0.25, 0.3) is 0 Å². The first-order valence-corrected chi connectivity index (χ1v) is 11.7. The lowest BCUT2D eigenvalue weighted by molar-refractivity contribution is -0.134. The van der Waals surface area contributed by atoms with Crippen molar-refractivity contribution in [3.05, 3.63) is 65.7 Å². The molecule has 1 fully saturated rings. The normalized spacial score (nSPS) is 16.3. The second kappa shape index (κ2) is 9.53. The Kier molecular flexibility index (Phi) is 7.05. The SMILES string of the molecule is CCC[C@@H](C(=O)N1CCN(S(=O)(=O)c2ccc(C(C)=O)cc2)CC1)c1ccccc1. The Hall–Kier alpha value is -2.51. The molecule has 0 unspecified atom stereocenters. The smallest absolute Gasteiger partial charge is 0.243 e. The van der Waals surface area contributed by atoms with Crippen LogP contribution in [0.15, 0.2) is 59.5 Å². The highest BCUT2D eigenvalue weighted by Gasteiger charge is 2.32. The number of sulfonamides is 1. The number of rotatable bonds is 7. The fraction of sp³-hybridized carbons (Fsp3) is 0.391. The van der Waals surface area contributed by atoms with Crippen molar-refractivity contribution in [3.63, 3.8) is 0 Å². The topological polar surface area (TPSA) is 74.8 Å². The van der Waals surface area contributed by atoms with Gasteiger partial charge in [-0.15, -0.1) is 0 Å². The van der Waals surface area contributed by atoms with Crippen molar-refractivity contribution in [1.29, 1.82) is 0 Å². The molecule has 1 heterocycles. The molecule has 0 radical (unpaired) electrons. The minimum atomic E-state index is -3.65. The third-order valence-corrected chi connectivity index (χ3v) is 7.44. The number of ketones is 1. The van der Waals surface area contributed by atoms with E-state index in [1.165, 1.54) is 35.5 Å². The van der Waals surface area contributed by atoms with Gasteiger partial charge in [-0.25, -0.2) is 8.42 Å². The van der Waals surface area contributed by atoms with E-state index in [1.54, 1.807) is 4.90 Å². The maximum absolute atomic E-state index is 13.1. The van der Waals surface area contributed by atoms with Crippen molar-refractivity contribution >= 4 is 21.7 Å². The van der Waals surface area contributed by atoms with Crippen LogP contribution in [0, 0.1) is 0 Å². The van der Waals surface area contributed by atoms with Gasteiger partial charge in [0.1, 0.15) is 0 Å². The van der Waals surface area contributed by atoms with Crippen molar-refractivity contribution in [1.82, 2.24) is 9.21 Å². The van der Waals surface area contributed by atoms with Crippen LogP contribution in [0.3, 0.4) is 0 Å². The highest BCUT2D eigenvalue weighted by Crippen LogP contribution is 2.25. The zero-order valence-electron chi connectivity index (χ0n) is 17.5. The summed E-state index contributed by atoms with van der Waals surface area (Å²) >= 11 is 0. The van der Waals surface area contributed by atoms with Crippen molar-refractivity contribution in [2.45, 2.75) is 37.5 Å². The Labute approximate surface area is 178 Å². The molecule has 30 heavy (non-hydrogen) atoms. The third kappa shape index (κ3) is 4.79. The molecule has 1 saturated heterocycles.